The maximum atomic E-state index is 4.08. The van der Waals surface area contributed by atoms with Gasteiger partial charge in [-0.3, -0.25) is 5.32 Å². The van der Waals surface area contributed by atoms with Crippen molar-refractivity contribution >= 4 is 5.69 Å². The fraction of sp³-hybridized carbons (Fsp3) is 0.132. The molecule has 3 aliphatic rings. The summed E-state index contributed by atoms with van der Waals surface area (Å²) in [4.78, 5) is 2.46. The van der Waals surface area contributed by atoms with Gasteiger partial charge in [-0.1, -0.05) is 178 Å². The second-order valence-corrected chi connectivity index (χ2v) is 14.4. The Labute approximate surface area is 344 Å². The van der Waals surface area contributed by atoms with Crippen LogP contribution in [-0.4, -0.2) is 4.90 Å². The highest BCUT2D eigenvalue weighted by molar-refractivity contribution is 5.87. The predicted molar refractivity (Wildman–Crippen MR) is 245 cm³/mol. The van der Waals surface area contributed by atoms with Crippen LogP contribution >= 0.6 is 0 Å². The minimum Gasteiger partial charge on any atom is -0.366 e. The molecule has 3 aliphatic heterocycles. The minimum absolute atomic E-state index is 0.0140. The molecule has 0 aromatic heterocycles. The lowest BCUT2D eigenvalue weighted by atomic mass is 9.89. The van der Waals surface area contributed by atoms with Gasteiger partial charge in [0, 0.05) is 22.6 Å². The summed E-state index contributed by atoms with van der Waals surface area (Å²) >= 11 is 0. The van der Waals surface area contributed by atoms with E-state index in [0.29, 0.717) is 0 Å². The van der Waals surface area contributed by atoms with E-state index in [1.54, 1.807) is 6.08 Å². The molecule has 58 heavy (non-hydrogen) atoms. The Bertz CT molecular complexity index is 2380. The van der Waals surface area contributed by atoms with Crippen LogP contribution in [0.1, 0.15) is 67.6 Å². The van der Waals surface area contributed by atoms with Crippen LogP contribution in [0.5, 0.6) is 0 Å². The monoisotopic (exact) mass is 759 g/mol. The Morgan fingerprint density at radius 1 is 0.638 bits per heavy atom. The van der Waals surface area contributed by atoms with Crippen LogP contribution in [0.15, 0.2) is 224 Å². The average molecular weight is 760 g/mol. The van der Waals surface area contributed by atoms with Gasteiger partial charge in [0.2, 0.25) is 0 Å². The van der Waals surface area contributed by atoms with Crippen LogP contribution in [0.2, 0.25) is 0 Å². The first kappa shape index (κ1) is 39.4. The van der Waals surface area contributed by atoms with E-state index in [4.69, 9.17) is 0 Å². The molecule has 0 radical (unpaired) electrons. The Balaban J connectivity index is 0.00000122. The summed E-state index contributed by atoms with van der Waals surface area (Å²) in [5.41, 5.74) is 14.9. The second kappa shape index (κ2) is 18.4. The van der Waals surface area contributed by atoms with E-state index in [2.05, 4.69) is 192 Å². The van der Waals surface area contributed by atoms with Gasteiger partial charge in [0.05, 0.1) is 11.7 Å². The molecule has 4 atom stereocenters. The molecule has 3 heterocycles. The zero-order valence-electron chi connectivity index (χ0n) is 33.7. The molecule has 8 rings (SSSR count). The average Bonchev–Trinajstić information content (AvgIpc) is 3.63. The molecule has 5 heteroatoms. The number of hydrogen-bond acceptors (Lipinski definition) is 5. The van der Waals surface area contributed by atoms with E-state index < -0.39 is 0 Å². The molecular weight excluding hydrogens is 707 g/mol. The van der Waals surface area contributed by atoms with E-state index in [-0.39, 0.29) is 24.5 Å². The molecule has 0 saturated carbocycles. The number of allylic oxidation sites excluding steroid dienone is 9. The number of rotatable bonds is 10. The molecule has 0 amide bonds. The molecule has 0 bridgehead atoms. The summed E-state index contributed by atoms with van der Waals surface area (Å²) in [5, 5.41) is 15.4. The molecule has 0 fully saturated rings. The van der Waals surface area contributed by atoms with Crippen molar-refractivity contribution < 1.29 is 0 Å². The van der Waals surface area contributed by atoms with Crippen LogP contribution in [0, 0.1) is 0 Å². The molecule has 5 aromatic rings. The Hall–Kier alpha value is -6.82. The first-order valence-corrected chi connectivity index (χ1v) is 20.0. The van der Waals surface area contributed by atoms with E-state index in [0.717, 1.165) is 39.5 Å². The summed E-state index contributed by atoms with van der Waals surface area (Å²) in [6, 6.07) is 45.6. The molecule has 5 nitrogen and oxygen atoms in total. The van der Waals surface area contributed by atoms with Crippen molar-refractivity contribution in [2.45, 2.75) is 45.3 Å². The standard InChI is InChI=1S/C49H45N5.C4H8/c1-5-8-25-46-33(4)50-49-42-30-40(35-19-12-9-13-20-35)41(36-21-14-10-15-22-36)31-45(42)53-48(54(46)49)39-28-26-38(27-29-39)47-51-43(34(7-3)18-6-2)32-44(52-47)37-23-16-11-17-24-37;1-3-4-2/h5-32,44,47-53H,1-3H2,4H3;3-4H,1-2H3/b25-8-,34-18+;4-3-. The van der Waals surface area contributed by atoms with Crippen LogP contribution in [0.25, 0.3) is 22.3 Å². The van der Waals surface area contributed by atoms with Gasteiger partial charge in [0.25, 0.3) is 0 Å². The lowest BCUT2D eigenvalue weighted by Crippen LogP contribution is -2.41. The lowest BCUT2D eigenvalue weighted by molar-refractivity contribution is 0.204. The van der Waals surface area contributed by atoms with Crippen molar-refractivity contribution in [1.82, 2.24) is 20.9 Å². The smallest absolute Gasteiger partial charge is 0.129 e. The van der Waals surface area contributed by atoms with Crippen LogP contribution in [0.3, 0.4) is 0 Å². The second-order valence-electron chi connectivity index (χ2n) is 14.4. The molecule has 0 spiro atoms. The van der Waals surface area contributed by atoms with Gasteiger partial charge in [-0.25, -0.2) is 0 Å². The van der Waals surface area contributed by atoms with Crippen molar-refractivity contribution in [2.24, 2.45) is 0 Å². The molecule has 4 N–H and O–H groups in total. The maximum absolute atomic E-state index is 4.08. The summed E-state index contributed by atoms with van der Waals surface area (Å²) in [7, 11) is 0. The molecule has 4 unspecified atom stereocenters. The van der Waals surface area contributed by atoms with E-state index in [1.807, 2.05) is 50.3 Å². The SMILES string of the molecule is C/C=C\C.C=C/C=C\C1=C(C)NC2c3cc(-c4ccccc4)c(-c4ccccc4)cc3NC(c3ccc(C4NC(/C(C=C)=C/C=C)=CC(c5ccccc5)N4)cc3)N12. The lowest BCUT2D eigenvalue weighted by Gasteiger charge is -2.43. The normalized spacial score (nSPS) is 19.8. The van der Waals surface area contributed by atoms with Crippen molar-refractivity contribution in [1.29, 1.82) is 0 Å². The van der Waals surface area contributed by atoms with Crippen molar-refractivity contribution in [3.05, 3.63) is 247 Å². The van der Waals surface area contributed by atoms with Crippen LogP contribution < -0.4 is 21.3 Å². The quantitative estimate of drug-likeness (QED) is 0.0844. The third-order valence-corrected chi connectivity index (χ3v) is 10.8. The zero-order valence-corrected chi connectivity index (χ0v) is 33.7. The largest absolute Gasteiger partial charge is 0.366 e. The fourth-order valence-corrected chi connectivity index (χ4v) is 7.83. The number of nitrogens with zero attached hydrogens (tertiary/aromatic N) is 1. The third-order valence-electron chi connectivity index (χ3n) is 10.8. The topological polar surface area (TPSA) is 51.4 Å². The Morgan fingerprint density at radius 3 is 1.83 bits per heavy atom. The maximum Gasteiger partial charge on any atom is 0.129 e. The summed E-state index contributed by atoms with van der Waals surface area (Å²) in [5.74, 6) is 0. The molecule has 290 valence electrons. The van der Waals surface area contributed by atoms with Gasteiger partial charge in [-0.2, -0.15) is 0 Å². The van der Waals surface area contributed by atoms with Gasteiger partial charge in [0.1, 0.15) is 18.5 Å². The van der Waals surface area contributed by atoms with E-state index in [1.165, 1.54) is 33.4 Å². The van der Waals surface area contributed by atoms with Crippen LogP contribution in [-0.2, 0) is 0 Å². The molecule has 5 aromatic carbocycles. The van der Waals surface area contributed by atoms with Gasteiger partial charge < -0.3 is 20.9 Å². The first-order valence-electron chi connectivity index (χ1n) is 20.0. The van der Waals surface area contributed by atoms with E-state index in [9.17, 15) is 0 Å². The third kappa shape index (κ3) is 8.31. The van der Waals surface area contributed by atoms with E-state index >= 15 is 0 Å². The van der Waals surface area contributed by atoms with Gasteiger partial charge >= 0.3 is 0 Å². The van der Waals surface area contributed by atoms with Crippen molar-refractivity contribution in [3.63, 3.8) is 0 Å². The number of benzene rings is 5. The highest BCUT2D eigenvalue weighted by Crippen LogP contribution is 2.49. The van der Waals surface area contributed by atoms with Gasteiger partial charge in [0.15, 0.2) is 0 Å². The molecule has 0 aliphatic carbocycles. The zero-order chi connectivity index (χ0) is 40.4. The predicted octanol–water partition coefficient (Wildman–Crippen LogP) is 12.7. The van der Waals surface area contributed by atoms with Crippen molar-refractivity contribution in [3.8, 4) is 22.3 Å². The Morgan fingerprint density at radius 2 is 1.24 bits per heavy atom. The number of hydrogen-bond donors (Lipinski definition) is 4. The van der Waals surface area contributed by atoms with Gasteiger partial charge in [-0.05, 0) is 89.6 Å². The number of fused-ring (bicyclic) bond motifs is 3. The fourth-order valence-electron chi connectivity index (χ4n) is 7.83. The molecule has 0 saturated heterocycles. The first-order chi connectivity index (χ1) is 28.5. The van der Waals surface area contributed by atoms with Gasteiger partial charge in [-0.15, -0.1) is 0 Å². The summed E-state index contributed by atoms with van der Waals surface area (Å²) in [6.07, 6.45) is 17.6. The number of anilines is 1. The minimum atomic E-state index is -0.139. The van der Waals surface area contributed by atoms with Crippen molar-refractivity contribution in [2.75, 3.05) is 5.32 Å². The highest BCUT2D eigenvalue weighted by atomic mass is 15.4. The van der Waals surface area contributed by atoms with Crippen LogP contribution in [0.4, 0.5) is 5.69 Å². The molecular formula is C53H53N5. The highest BCUT2D eigenvalue weighted by Gasteiger charge is 2.41. The number of nitrogens with one attached hydrogen (secondary N) is 4. The summed E-state index contributed by atoms with van der Waals surface area (Å²) < 4.78 is 0. The Kier molecular flexibility index (Phi) is 12.5. The summed E-state index contributed by atoms with van der Waals surface area (Å²) in [6.45, 7) is 18.1.